The van der Waals surface area contributed by atoms with Crippen LogP contribution in [0.4, 0.5) is 0 Å². The SMILES string of the molecule is Cn1ccsc1=NC(=O)CCNC(=O)c1ccco1. The fraction of sp³-hybridized carbons (Fsp3) is 0.250. The molecule has 2 amide bonds. The average molecular weight is 279 g/mol. The highest BCUT2D eigenvalue weighted by atomic mass is 32.1. The normalized spacial score (nSPS) is 11.5. The average Bonchev–Trinajstić information content (AvgIpc) is 3.02. The summed E-state index contributed by atoms with van der Waals surface area (Å²) in [5, 5.41) is 4.45. The van der Waals surface area contributed by atoms with Crippen molar-refractivity contribution in [1.82, 2.24) is 9.88 Å². The molecule has 0 spiro atoms. The molecule has 6 nitrogen and oxygen atoms in total. The number of hydrogen-bond donors (Lipinski definition) is 1. The number of nitrogens with one attached hydrogen (secondary N) is 1. The Kier molecular flexibility index (Phi) is 4.30. The highest BCUT2D eigenvalue weighted by molar-refractivity contribution is 7.07. The maximum absolute atomic E-state index is 11.6. The van der Waals surface area contributed by atoms with Crippen molar-refractivity contribution < 1.29 is 14.0 Å². The molecular weight excluding hydrogens is 266 g/mol. The lowest BCUT2D eigenvalue weighted by atomic mass is 10.3. The third-order valence-electron chi connectivity index (χ3n) is 2.35. The summed E-state index contributed by atoms with van der Waals surface area (Å²) < 4.78 is 6.70. The second-order valence-corrected chi connectivity index (χ2v) is 4.66. The summed E-state index contributed by atoms with van der Waals surface area (Å²) in [6.07, 6.45) is 3.41. The van der Waals surface area contributed by atoms with Crippen molar-refractivity contribution in [2.24, 2.45) is 12.0 Å². The number of furan rings is 1. The summed E-state index contributed by atoms with van der Waals surface area (Å²) in [5.74, 6) is -0.369. The predicted octanol–water partition coefficient (Wildman–Crippen LogP) is 0.927. The number of rotatable bonds is 4. The van der Waals surface area contributed by atoms with Gasteiger partial charge >= 0.3 is 0 Å². The van der Waals surface area contributed by atoms with Gasteiger partial charge in [-0.05, 0) is 12.1 Å². The predicted molar refractivity (Wildman–Crippen MR) is 69.5 cm³/mol. The minimum absolute atomic E-state index is 0.157. The van der Waals surface area contributed by atoms with Gasteiger partial charge < -0.3 is 14.3 Å². The zero-order chi connectivity index (χ0) is 13.7. The van der Waals surface area contributed by atoms with Crippen molar-refractivity contribution in [3.05, 3.63) is 40.5 Å². The van der Waals surface area contributed by atoms with Crippen LogP contribution < -0.4 is 10.1 Å². The van der Waals surface area contributed by atoms with Crippen molar-refractivity contribution in [1.29, 1.82) is 0 Å². The molecule has 0 aliphatic carbocycles. The minimum atomic E-state index is -0.334. The summed E-state index contributed by atoms with van der Waals surface area (Å²) in [7, 11) is 1.82. The zero-order valence-corrected chi connectivity index (χ0v) is 11.1. The van der Waals surface area contributed by atoms with Gasteiger partial charge in [-0.15, -0.1) is 11.3 Å². The Balaban J connectivity index is 1.82. The summed E-state index contributed by atoms with van der Waals surface area (Å²) >= 11 is 1.39. The molecular formula is C12H13N3O3S. The third kappa shape index (κ3) is 3.65. The lowest BCUT2D eigenvalue weighted by Crippen LogP contribution is -2.25. The van der Waals surface area contributed by atoms with Crippen molar-refractivity contribution in [2.45, 2.75) is 6.42 Å². The molecule has 0 radical (unpaired) electrons. The van der Waals surface area contributed by atoms with E-state index in [-0.39, 0.29) is 30.5 Å². The van der Waals surface area contributed by atoms with Crippen LogP contribution in [-0.4, -0.2) is 22.9 Å². The molecule has 2 rings (SSSR count). The molecule has 0 bridgehead atoms. The molecule has 2 aromatic rings. The number of hydrogen-bond acceptors (Lipinski definition) is 4. The third-order valence-corrected chi connectivity index (χ3v) is 3.20. The first kappa shape index (κ1) is 13.3. The standard InChI is InChI=1S/C12H13N3O3S/c1-15-6-8-19-12(15)14-10(16)4-5-13-11(17)9-3-2-7-18-9/h2-3,6-8H,4-5H2,1H3,(H,13,17). The first-order chi connectivity index (χ1) is 9.16. The monoisotopic (exact) mass is 279 g/mol. The molecule has 0 aromatic carbocycles. The van der Waals surface area contributed by atoms with Gasteiger partial charge in [-0.1, -0.05) is 0 Å². The Morgan fingerprint density at radius 1 is 1.53 bits per heavy atom. The first-order valence-electron chi connectivity index (χ1n) is 5.66. The van der Waals surface area contributed by atoms with E-state index < -0.39 is 0 Å². The van der Waals surface area contributed by atoms with E-state index in [2.05, 4.69) is 10.3 Å². The van der Waals surface area contributed by atoms with Crippen molar-refractivity contribution in [3.63, 3.8) is 0 Å². The first-order valence-corrected chi connectivity index (χ1v) is 6.54. The van der Waals surface area contributed by atoms with Crippen LogP contribution in [0.2, 0.25) is 0 Å². The van der Waals surface area contributed by atoms with E-state index in [0.717, 1.165) is 0 Å². The molecule has 19 heavy (non-hydrogen) atoms. The van der Waals surface area contributed by atoms with E-state index in [1.54, 1.807) is 16.7 Å². The number of amides is 2. The zero-order valence-electron chi connectivity index (χ0n) is 10.3. The Labute approximate surface area is 113 Å². The molecule has 2 aromatic heterocycles. The highest BCUT2D eigenvalue weighted by Crippen LogP contribution is 1.99. The van der Waals surface area contributed by atoms with Crippen LogP contribution in [0, 0.1) is 0 Å². The topological polar surface area (TPSA) is 76.6 Å². The fourth-order valence-electron chi connectivity index (χ4n) is 1.38. The molecule has 1 N–H and O–H groups in total. The van der Waals surface area contributed by atoms with Crippen LogP contribution in [0.15, 0.2) is 39.4 Å². The summed E-state index contributed by atoms with van der Waals surface area (Å²) in [6.45, 7) is 0.233. The number of thiazole rings is 1. The molecule has 0 atom stereocenters. The summed E-state index contributed by atoms with van der Waals surface area (Å²) in [4.78, 5) is 27.7. The van der Waals surface area contributed by atoms with Crippen molar-refractivity contribution in [2.75, 3.05) is 6.54 Å². The van der Waals surface area contributed by atoms with Gasteiger partial charge in [-0.2, -0.15) is 4.99 Å². The minimum Gasteiger partial charge on any atom is -0.459 e. The van der Waals surface area contributed by atoms with Crippen LogP contribution >= 0.6 is 11.3 Å². The Morgan fingerprint density at radius 3 is 3.00 bits per heavy atom. The van der Waals surface area contributed by atoms with E-state index in [1.165, 1.54) is 17.6 Å². The molecule has 0 unspecified atom stereocenters. The largest absolute Gasteiger partial charge is 0.459 e. The molecule has 2 heterocycles. The number of nitrogens with zero attached hydrogens (tertiary/aromatic N) is 2. The summed E-state index contributed by atoms with van der Waals surface area (Å²) in [5.41, 5.74) is 0. The maximum atomic E-state index is 11.6. The summed E-state index contributed by atoms with van der Waals surface area (Å²) in [6, 6.07) is 3.19. The lowest BCUT2D eigenvalue weighted by Gasteiger charge is -2.00. The quantitative estimate of drug-likeness (QED) is 0.904. The Hall–Kier alpha value is -2.15. The smallest absolute Gasteiger partial charge is 0.286 e. The van der Waals surface area contributed by atoms with E-state index in [0.29, 0.717) is 4.80 Å². The lowest BCUT2D eigenvalue weighted by molar-refractivity contribution is -0.117. The van der Waals surface area contributed by atoms with Crippen LogP contribution in [0.3, 0.4) is 0 Å². The molecule has 7 heteroatoms. The van der Waals surface area contributed by atoms with E-state index in [9.17, 15) is 9.59 Å². The number of carbonyl (C=O) groups is 2. The molecule has 0 aliphatic heterocycles. The van der Waals surface area contributed by atoms with Crippen LogP contribution in [-0.2, 0) is 11.8 Å². The molecule has 0 saturated carbocycles. The number of carbonyl (C=O) groups excluding carboxylic acids is 2. The van der Waals surface area contributed by atoms with Crippen molar-refractivity contribution >= 4 is 23.2 Å². The number of aryl methyl sites for hydroxylation is 1. The second-order valence-electron chi connectivity index (χ2n) is 3.79. The van der Waals surface area contributed by atoms with Gasteiger partial charge in [0, 0.05) is 31.6 Å². The Morgan fingerprint density at radius 2 is 2.37 bits per heavy atom. The van der Waals surface area contributed by atoms with Gasteiger partial charge in [0.1, 0.15) is 0 Å². The van der Waals surface area contributed by atoms with Gasteiger partial charge in [0.05, 0.1) is 6.26 Å². The van der Waals surface area contributed by atoms with Gasteiger partial charge in [-0.3, -0.25) is 9.59 Å². The van der Waals surface area contributed by atoms with Gasteiger partial charge in [-0.25, -0.2) is 0 Å². The van der Waals surface area contributed by atoms with Gasteiger partial charge in [0.2, 0.25) is 5.91 Å². The van der Waals surface area contributed by atoms with E-state index in [1.807, 2.05) is 18.6 Å². The highest BCUT2D eigenvalue weighted by Gasteiger charge is 2.08. The van der Waals surface area contributed by atoms with Crippen LogP contribution in [0.25, 0.3) is 0 Å². The van der Waals surface area contributed by atoms with Crippen LogP contribution in [0.5, 0.6) is 0 Å². The Bertz CT molecular complexity index is 625. The second kappa shape index (κ2) is 6.14. The van der Waals surface area contributed by atoms with Gasteiger partial charge in [0.25, 0.3) is 5.91 Å². The van der Waals surface area contributed by atoms with Crippen LogP contribution in [0.1, 0.15) is 17.0 Å². The fourth-order valence-corrected chi connectivity index (χ4v) is 2.12. The molecule has 0 aliphatic rings. The van der Waals surface area contributed by atoms with Crippen molar-refractivity contribution in [3.8, 4) is 0 Å². The van der Waals surface area contributed by atoms with E-state index in [4.69, 9.17) is 4.42 Å². The molecule has 0 saturated heterocycles. The van der Waals surface area contributed by atoms with Gasteiger partial charge in [0.15, 0.2) is 10.6 Å². The van der Waals surface area contributed by atoms with E-state index >= 15 is 0 Å². The number of aromatic nitrogens is 1. The maximum Gasteiger partial charge on any atom is 0.286 e. The molecule has 0 fully saturated rings. The molecule has 100 valence electrons.